The van der Waals surface area contributed by atoms with Crippen molar-refractivity contribution >= 4 is 17.5 Å². The highest BCUT2D eigenvalue weighted by Crippen LogP contribution is 2.14. The average molecular weight is 273 g/mol. The first-order chi connectivity index (χ1) is 8.33. The van der Waals surface area contributed by atoms with E-state index in [0.717, 1.165) is 13.0 Å². The molecule has 0 saturated carbocycles. The maximum Gasteiger partial charge on any atom is 0.237 e. The second kappa shape index (κ2) is 6.20. The molecule has 1 aromatic heterocycles. The van der Waals surface area contributed by atoms with Crippen molar-refractivity contribution in [2.24, 2.45) is 5.73 Å². The Labute approximate surface area is 113 Å². The van der Waals surface area contributed by atoms with E-state index in [-0.39, 0.29) is 11.9 Å². The minimum Gasteiger partial charge on any atom is -0.368 e. The monoisotopic (exact) mass is 272 g/mol. The number of rotatable bonds is 7. The van der Waals surface area contributed by atoms with Crippen LogP contribution in [0.1, 0.15) is 33.6 Å². The molecule has 0 spiro atoms. The van der Waals surface area contributed by atoms with E-state index in [2.05, 4.69) is 10.4 Å². The molecule has 0 aliphatic carbocycles. The average Bonchev–Trinajstić information content (AvgIpc) is 2.63. The molecule has 0 aliphatic heterocycles. The van der Waals surface area contributed by atoms with Gasteiger partial charge in [0, 0.05) is 18.8 Å². The van der Waals surface area contributed by atoms with Gasteiger partial charge in [0.15, 0.2) is 0 Å². The number of carbonyl (C=O) groups is 1. The first-order valence-corrected chi connectivity index (χ1v) is 6.47. The van der Waals surface area contributed by atoms with Gasteiger partial charge in [-0.2, -0.15) is 5.10 Å². The van der Waals surface area contributed by atoms with E-state index in [9.17, 15) is 4.79 Å². The largest absolute Gasteiger partial charge is 0.368 e. The van der Waals surface area contributed by atoms with Crippen LogP contribution in [0, 0.1) is 0 Å². The topological polar surface area (TPSA) is 72.9 Å². The first-order valence-electron chi connectivity index (χ1n) is 6.09. The molecule has 1 heterocycles. The van der Waals surface area contributed by atoms with Gasteiger partial charge in [-0.3, -0.25) is 9.48 Å². The fraction of sp³-hybridized carbons (Fsp3) is 0.667. The number of halogens is 1. The van der Waals surface area contributed by atoms with Crippen LogP contribution in [0.3, 0.4) is 0 Å². The summed E-state index contributed by atoms with van der Waals surface area (Å²) in [4.78, 5) is 11.5. The minimum atomic E-state index is -0.675. The number of hydrogen-bond donors (Lipinski definition) is 2. The van der Waals surface area contributed by atoms with Gasteiger partial charge < -0.3 is 11.1 Å². The lowest BCUT2D eigenvalue weighted by Crippen LogP contribution is -2.55. The number of nitrogens with two attached hydrogens (primary N) is 1. The van der Waals surface area contributed by atoms with Crippen LogP contribution < -0.4 is 11.1 Å². The highest BCUT2D eigenvalue weighted by molar-refractivity contribution is 6.30. The van der Waals surface area contributed by atoms with Crippen molar-refractivity contribution in [2.75, 3.05) is 0 Å². The Hall–Kier alpha value is -1.07. The van der Waals surface area contributed by atoms with Crippen LogP contribution in [0.25, 0.3) is 0 Å². The zero-order valence-corrected chi connectivity index (χ0v) is 11.9. The van der Waals surface area contributed by atoms with Crippen molar-refractivity contribution < 1.29 is 4.79 Å². The predicted molar refractivity (Wildman–Crippen MR) is 72.3 cm³/mol. The molecule has 3 N–H and O–H groups in total. The molecule has 6 heteroatoms. The zero-order valence-electron chi connectivity index (χ0n) is 11.1. The molecular formula is C12H21ClN4O. The second-order valence-electron chi connectivity index (χ2n) is 5.02. The smallest absolute Gasteiger partial charge is 0.237 e. The SMILES string of the molecule is CC(C)NC(C)(CCCn1cc(Cl)cn1)C(N)=O. The summed E-state index contributed by atoms with van der Waals surface area (Å²) in [5, 5.41) is 7.92. The summed E-state index contributed by atoms with van der Waals surface area (Å²) in [6.45, 7) is 6.55. The van der Waals surface area contributed by atoms with Gasteiger partial charge in [0.05, 0.1) is 16.8 Å². The van der Waals surface area contributed by atoms with Crippen molar-refractivity contribution in [1.29, 1.82) is 0 Å². The number of aromatic nitrogens is 2. The molecule has 18 heavy (non-hydrogen) atoms. The molecule has 0 saturated heterocycles. The number of primary amides is 1. The normalized spacial score (nSPS) is 14.7. The number of nitrogens with one attached hydrogen (secondary N) is 1. The van der Waals surface area contributed by atoms with Crippen LogP contribution in [0.2, 0.25) is 5.02 Å². The van der Waals surface area contributed by atoms with Gasteiger partial charge in [0.1, 0.15) is 0 Å². The molecular weight excluding hydrogens is 252 g/mol. The molecule has 0 aromatic carbocycles. The Morgan fingerprint density at radius 2 is 2.33 bits per heavy atom. The van der Waals surface area contributed by atoms with Crippen LogP contribution in [0.15, 0.2) is 12.4 Å². The maximum absolute atomic E-state index is 11.5. The van der Waals surface area contributed by atoms with Crippen molar-refractivity contribution in [1.82, 2.24) is 15.1 Å². The molecule has 1 atom stereocenters. The van der Waals surface area contributed by atoms with Crippen LogP contribution in [-0.2, 0) is 11.3 Å². The van der Waals surface area contributed by atoms with Crippen molar-refractivity contribution in [3.8, 4) is 0 Å². The Kier molecular flexibility index (Phi) is 5.16. The van der Waals surface area contributed by atoms with Crippen LogP contribution in [0.5, 0.6) is 0 Å². The third-order valence-electron chi connectivity index (χ3n) is 2.82. The van der Waals surface area contributed by atoms with E-state index >= 15 is 0 Å². The highest BCUT2D eigenvalue weighted by atomic mass is 35.5. The zero-order chi connectivity index (χ0) is 13.8. The Balaban J connectivity index is 2.50. The standard InChI is InChI=1S/C12H21ClN4O/c1-9(2)16-12(3,11(14)18)5-4-6-17-8-10(13)7-15-17/h7-9,16H,4-6H2,1-3H3,(H2,14,18). The van der Waals surface area contributed by atoms with E-state index in [1.54, 1.807) is 17.1 Å². The summed E-state index contributed by atoms with van der Waals surface area (Å²) in [6, 6.07) is 0.210. The lowest BCUT2D eigenvalue weighted by atomic mass is 9.94. The summed E-state index contributed by atoms with van der Waals surface area (Å²) in [5.74, 6) is -0.324. The molecule has 0 fully saturated rings. The molecule has 0 aliphatic rings. The van der Waals surface area contributed by atoms with Gasteiger partial charge in [-0.1, -0.05) is 11.6 Å². The number of nitrogens with zero attached hydrogens (tertiary/aromatic N) is 2. The summed E-state index contributed by atoms with van der Waals surface area (Å²) in [6.07, 6.45) is 4.83. The lowest BCUT2D eigenvalue weighted by molar-refractivity contribution is -0.124. The van der Waals surface area contributed by atoms with Gasteiger partial charge in [0.25, 0.3) is 0 Å². The van der Waals surface area contributed by atoms with Gasteiger partial charge in [-0.15, -0.1) is 0 Å². The van der Waals surface area contributed by atoms with Crippen molar-refractivity contribution in [3.05, 3.63) is 17.4 Å². The number of carbonyl (C=O) groups excluding carboxylic acids is 1. The molecule has 0 radical (unpaired) electrons. The quantitative estimate of drug-likeness (QED) is 0.791. The molecule has 5 nitrogen and oxygen atoms in total. The van der Waals surface area contributed by atoms with Crippen LogP contribution in [-0.4, -0.2) is 27.3 Å². The second-order valence-corrected chi connectivity index (χ2v) is 5.46. The van der Waals surface area contributed by atoms with E-state index in [0.29, 0.717) is 11.4 Å². The summed E-state index contributed by atoms with van der Waals surface area (Å²) >= 11 is 5.78. The van der Waals surface area contributed by atoms with E-state index in [1.807, 2.05) is 20.8 Å². The number of hydrogen-bond acceptors (Lipinski definition) is 3. The van der Waals surface area contributed by atoms with Gasteiger partial charge in [-0.05, 0) is 33.6 Å². The Bertz CT molecular complexity index is 405. The molecule has 102 valence electrons. The third kappa shape index (κ3) is 4.31. The molecule has 1 amide bonds. The minimum absolute atomic E-state index is 0.210. The Morgan fingerprint density at radius 3 is 2.78 bits per heavy atom. The third-order valence-corrected chi connectivity index (χ3v) is 3.01. The summed E-state index contributed by atoms with van der Waals surface area (Å²) in [7, 11) is 0. The number of aryl methyl sites for hydroxylation is 1. The molecule has 1 aromatic rings. The van der Waals surface area contributed by atoms with Crippen LogP contribution >= 0.6 is 11.6 Å². The van der Waals surface area contributed by atoms with Crippen LogP contribution in [0.4, 0.5) is 0 Å². The van der Waals surface area contributed by atoms with Crippen molar-refractivity contribution in [3.63, 3.8) is 0 Å². The first kappa shape index (κ1) is 15.0. The fourth-order valence-corrected chi connectivity index (χ4v) is 2.12. The molecule has 1 unspecified atom stereocenters. The van der Waals surface area contributed by atoms with E-state index in [1.165, 1.54) is 0 Å². The highest BCUT2D eigenvalue weighted by Gasteiger charge is 2.30. The van der Waals surface area contributed by atoms with Gasteiger partial charge in [0.2, 0.25) is 5.91 Å². The van der Waals surface area contributed by atoms with Gasteiger partial charge >= 0.3 is 0 Å². The fourth-order valence-electron chi connectivity index (χ4n) is 1.96. The van der Waals surface area contributed by atoms with E-state index < -0.39 is 5.54 Å². The van der Waals surface area contributed by atoms with E-state index in [4.69, 9.17) is 17.3 Å². The molecule has 0 bridgehead atoms. The van der Waals surface area contributed by atoms with Crippen molar-refractivity contribution in [2.45, 2.75) is 51.7 Å². The summed E-state index contributed by atoms with van der Waals surface area (Å²) < 4.78 is 1.76. The Morgan fingerprint density at radius 1 is 1.67 bits per heavy atom. The van der Waals surface area contributed by atoms with Gasteiger partial charge in [-0.25, -0.2) is 0 Å². The number of amides is 1. The lowest BCUT2D eigenvalue weighted by Gasteiger charge is -2.29. The maximum atomic E-state index is 11.5. The summed E-state index contributed by atoms with van der Waals surface area (Å²) in [5.41, 5.74) is 4.78. The molecule has 1 rings (SSSR count). The predicted octanol–water partition coefficient (Wildman–Crippen LogP) is 1.56.